The number of anilines is 1. The molecule has 0 radical (unpaired) electrons. The number of nitrogens with one attached hydrogen (secondary N) is 1. The van der Waals surface area contributed by atoms with Gasteiger partial charge in [-0.1, -0.05) is 0 Å². The number of aromatic nitrogens is 6. The summed E-state index contributed by atoms with van der Waals surface area (Å²) in [6.45, 7) is 1.18. The predicted molar refractivity (Wildman–Crippen MR) is 115 cm³/mol. The molecule has 0 unspecified atom stereocenters. The van der Waals surface area contributed by atoms with Crippen LogP contribution in [-0.4, -0.2) is 36.3 Å². The van der Waals surface area contributed by atoms with Crippen molar-refractivity contribution in [1.82, 2.24) is 29.7 Å². The van der Waals surface area contributed by atoms with Gasteiger partial charge in [0.1, 0.15) is 23.9 Å². The predicted octanol–water partition coefficient (Wildman–Crippen LogP) is 3.68. The lowest BCUT2D eigenvalue weighted by molar-refractivity contribution is 0.291. The number of halogens is 1. The van der Waals surface area contributed by atoms with Crippen molar-refractivity contribution in [2.24, 2.45) is 0 Å². The molecule has 3 aromatic heterocycles. The zero-order chi connectivity index (χ0) is 21.2. The molecule has 0 aliphatic rings. The topological polar surface area (TPSA) is 108 Å². The van der Waals surface area contributed by atoms with Gasteiger partial charge in [-0.3, -0.25) is 4.68 Å². The van der Waals surface area contributed by atoms with Crippen molar-refractivity contribution in [3.63, 3.8) is 0 Å². The second-order valence-corrected chi connectivity index (χ2v) is 6.88. The number of hydrogen-bond acceptors (Lipinski definition) is 6. The van der Waals surface area contributed by atoms with Crippen molar-refractivity contribution >= 4 is 16.9 Å². The number of nitrogens with zero attached hydrogens (tertiary/aromatic N) is 5. The number of fused-ring (bicyclic) bond motifs is 1. The first-order valence-electron chi connectivity index (χ1n) is 9.64. The molecule has 9 heteroatoms. The average molecular weight is 415 g/mol. The average Bonchev–Trinajstić information content (AvgIpc) is 3.44. The van der Waals surface area contributed by atoms with E-state index >= 15 is 0 Å². The molecule has 3 heterocycles. The summed E-state index contributed by atoms with van der Waals surface area (Å²) in [5.74, 6) is 1.08. The number of benzene rings is 2. The summed E-state index contributed by atoms with van der Waals surface area (Å²) in [7, 11) is 0. The van der Waals surface area contributed by atoms with E-state index in [9.17, 15) is 4.39 Å². The van der Waals surface area contributed by atoms with Gasteiger partial charge < -0.3 is 15.5 Å². The van der Waals surface area contributed by atoms with E-state index in [2.05, 4.69) is 25.0 Å². The highest BCUT2D eigenvalue weighted by atomic mass is 19.1. The van der Waals surface area contributed by atoms with Crippen LogP contribution in [0.1, 0.15) is 0 Å². The first-order valence-corrected chi connectivity index (χ1v) is 9.64. The molecule has 31 heavy (non-hydrogen) atoms. The molecule has 2 aromatic carbocycles. The summed E-state index contributed by atoms with van der Waals surface area (Å²) in [5.41, 5.74) is 9.13. The molecule has 0 bridgehead atoms. The van der Waals surface area contributed by atoms with E-state index in [0.717, 1.165) is 11.3 Å². The van der Waals surface area contributed by atoms with Crippen molar-refractivity contribution < 1.29 is 9.13 Å². The van der Waals surface area contributed by atoms with Crippen LogP contribution in [0, 0.1) is 5.82 Å². The van der Waals surface area contributed by atoms with Crippen LogP contribution in [0.3, 0.4) is 0 Å². The van der Waals surface area contributed by atoms with Gasteiger partial charge in [0.05, 0.1) is 29.5 Å². The third kappa shape index (κ3) is 3.93. The highest BCUT2D eigenvalue weighted by Gasteiger charge is 2.14. The minimum Gasteiger partial charge on any atom is -0.492 e. The van der Waals surface area contributed by atoms with E-state index in [1.54, 1.807) is 18.5 Å². The molecule has 0 amide bonds. The van der Waals surface area contributed by atoms with E-state index in [0.29, 0.717) is 41.4 Å². The lowest BCUT2D eigenvalue weighted by Crippen LogP contribution is -2.08. The van der Waals surface area contributed by atoms with Gasteiger partial charge in [0, 0.05) is 18.0 Å². The van der Waals surface area contributed by atoms with E-state index < -0.39 is 0 Å². The lowest BCUT2D eigenvalue weighted by Gasteiger charge is -2.08. The van der Waals surface area contributed by atoms with Crippen molar-refractivity contribution in [3.8, 4) is 28.5 Å². The number of nitrogen functional groups attached to an aromatic ring is 1. The van der Waals surface area contributed by atoms with Gasteiger partial charge in [-0.15, -0.1) is 0 Å². The van der Waals surface area contributed by atoms with Crippen LogP contribution in [0.4, 0.5) is 10.2 Å². The molecule has 5 aromatic rings. The first kappa shape index (κ1) is 18.7. The third-order valence-corrected chi connectivity index (χ3v) is 4.77. The Labute approximate surface area is 176 Å². The van der Waals surface area contributed by atoms with Gasteiger partial charge in [0.15, 0.2) is 11.6 Å². The molecular weight excluding hydrogens is 397 g/mol. The Morgan fingerprint density at radius 3 is 2.77 bits per heavy atom. The van der Waals surface area contributed by atoms with Crippen LogP contribution in [0.2, 0.25) is 0 Å². The van der Waals surface area contributed by atoms with Crippen molar-refractivity contribution in [1.29, 1.82) is 0 Å². The van der Waals surface area contributed by atoms with Gasteiger partial charge in [-0.05, 0) is 48.5 Å². The Bertz CT molecular complexity index is 1330. The number of imidazole rings is 1. The van der Waals surface area contributed by atoms with Gasteiger partial charge in [0.25, 0.3) is 0 Å². The van der Waals surface area contributed by atoms with Crippen LogP contribution in [0.15, 0.2) is 67.1 Å². The molecule has 8 nitrogen and oxygen atoms in total. The Kier molecular flexibility index (Phi) is 4.75. The van der Waals surface area contributed by atoms with Crippen molar-refractivity contribution in [2.45, 2.75) is 6.54 Å². The van der Waals surface area contributed by atoms with E-state index in [1.165, 1.54) is 12.1 Å². The summed E-state index contributed by atoms with van der Waals surface area (Å²) in [6, 6.07) is 13.8. The fourth-order valence-electron chi connectivity index (χ4n) is 3.22. The third-order valence-electron chi connectivity index (χ3n) is 4.77. The number of aromatic amines is 1. The SMILES string of the molecule is Nc1ncc(-c2ccc(OCCn3cccn3)cc2)nc1-c1nc2ccc(F)cc2[nH]1. The molecule has 0 saturated carbocycles. The molecule has 0 fully saturated rings. The molecule has 0 atom stereocenters. The van der Waals surface area contributed by atoms with E-state index in [-0.39, 0.29) is 11.6 Å². The minimum absolute atomic E-state index is 0.238. The van der Waals surface area contributed by atoms with Crippen LogP contribution in [0.25, 0.3) is 33.8 Å². The summed E-state index contributed by atoms with van der Waals surface area (Å²) in [4.78, 5) is 16.4. The monoisotopic (exact) mass is 415 g/mol. The zero-order valence-electron chi connectivity index (χ0n) is 16.4. The molecule has 154 valence electrons. The Morgan fingerprint density at radius 2 is 1.97 bits per heavy atom. The summed E-state index contributed by atoms with van der Waals surface area (Å²) in [6.07, 6.45) is 5.23. The van der Waals surface area contributed by atoms with Crippen LogP contribution >= 0.6 is 0 Å². The fraction of sp³-hybridized carbons (Fsp3) is 0.0909. The number of rotatable bonds is 6. The Hall–Kier alpha value is -4.27. The second kappa shape index (κ2) is 7.86. The van der Waals surface area contributed by atoms with Crippen molar-refractivity contribution in [3.05, 3.63) is 72.9 Å². The smallest absolute Gasteiger partial charge is 0.161 e. The number of nitrogens with two attached hydrogens (primary N) is 1. The quantitative estimate of drug-likeness (QED) is 0.438. The van der Waals surface area contributed by atoms with Crippen molar-refractivity contribution in [2.75, 3.05) is 12.3 Å². The van der Waals surface area contributed by atoms with E-state index in [4.69, 9.17) is 10.5 Å². The highest BCUT2D eigenvalue weighted by Crippen LogP contribution is 2.27. The van der Waals surface area contributed by atoms with E-state index in [1.807, 2.05) is 41.2 Å². The maximum Gasteiger partial charge on any atom is 0.161 e. The van der Waals surface area contributed by atoms with Gasteiger partial charge in [0.2, 0.25) is 0 Å². The molecule has 0 spiro atoms. The van der Waals surface area contributed by atoms with Gasteiger partial charge in [-0.25, -0.2) is 19.3 Å². The summed E-state index contributed by atoms with van der Waals surface area (Å²) in [5, 5.41) is 4.14. The molecular formula is C22H18FN7O. The molecule has 0 aliphatic carbocycles. The van der Waals surface area contributed by atoms with Crippen LogP contribution in [0.5, 0.6) is 5.75 Å². The number of ether oxygens (including phenoxy) is 1. The molecule has 5 rings (SSSR count). The van der Waals surface area contributed by atoms with Gasteiger partial charge >= 0.3 is 0 Å². The summed E-state index contributed by atoms with van der Waals surface area (Å²) >= 11 is 0. The maximum absolute atomic E-state index is 13.5. The first-order chi connectivity index (χ1) is 15.2. The standard InChI is InChI=1S/C22H18FN7O/c23-15-4-7-17-18(12-15)29-22(28-17)20-21(24)25-13-19(27-20)14-2-5-16(6-3-14)31-11-10-30-9-1-8-26-30/h1-9,12-13H,10-11H2,(H2,24,25)(H,28,29). The Balaban J connectivity index is 1.36. The maximum atomic E-state index is 13.5. The highest BCUT2D eigenvalue weighted by molar-refractivity contribution is 5.81. The second-order valence-electron chi connectivity index (χ2n) is 6.88. The molecule has 3 N–H and O–H groups in total. The largest absolute Gasteiger partial charge is 0.492 e. The normalized spacial score (nSPS) is 11.1. The lowest BCUT2D eigenvalue weighted by atomic mass is 10.1. The summed E-state index contributed by atoms with van der Waals surface area (Å²) < 4.78 is 21.1. The number of hydrogen-bond donors (Lipinski definition) is 2. The number of H-pyrrole nitrogens is 1. The molecule has 0 aliphatic heterocycles. The fourth-order valence-corrected chi connectivity index (χ4v) is 3.22. The minimum atomic E-state index is -0.345. The molecule has 0 saturated heterocycles. The van der Waals surface area contributed by atoms with Crippen LogP contribution < -0.4 is 10.5 Å². The van der Waals surface area contributed by atoms with Crippen LogP contribution in [-0.2, 0) is 6.54 Å². The zero-order valence-corrected chi connectivity index (χ0v) is 16.4. The van der Waals surface area contributed by atoms with Gasteiger partial charge in [-0.2, -0.15) is 5.10 Å². The Morgan fingerprint density at radius 1 is 1.10 bits per heavy atom.